The molecule has 0 atom stereocenters. The van der Waals surface area contributed by atoms with E-state index in [2.05, 4.69) is 29.2 Å². The molecule has 1 aliphatic heterocycles. The molecule has 5 heteroatoms. The molecule has 2 N–H and O–H groups in total. The monoisotopic (exact) mass is 415 g/mol. The average molecular weight is 415 g/mol. The highest BCUT2D eigenvalue weighted by atomic mass is 16.5. The molecule has 5 nitrogen and oxygen atoms in total. The molecule has 1 heterocycles. The van der Waals surface area contributed by atoms with Crippen molar-refractivity contribution in [3.8, 4) is 5.75 Å². The predicted molar refractivity (Wildman–Crippen MR) is 125 cm³/mol. The van der Waals surface area contributed by atoms with E-state index < -0.39 is 5.97 Å². The lowest BCUT2D eigenvalue weighted by Gasteiger charge is -2.13. The number of anilines is 1. The van der Waals surface area contributed by atoms with Gasteiger partial charge in [-0.05, 0) is 66.1 Å². The summed E-state index contributed by atoms with van der Waals surface area (Å²) in [5.41, 5.74) is 3.74. The fourth-order valence-corrected chi connectivity index (χ4v) is 3.02. The number of hydrogen-bond acceptors (Lipinski definition) is 4. The third kappa shape index (κ3) is 6.00. The molecule has 0 aliphatic carbocycles. The molecule has 31 heavy (non-hydrogen) atoms. The Morgan fingerprint density at radius 2 is 1.68 bits per heavy atom. The molecular weight excluding hydrogens is 390 g/mol. The van der Waals surface area contributed by atoms with Gasteiger partial charge >= 0.3 is 5.97 Å². The first-order valence-electron chi connectivity index (χ1n) is 9.80. The van der Waals surface area contributed by atoms with E-state index in [-0.39, 0.29) is 11.3 Å². The van der Waals surface area contributed by atoms with E-state index in [4.69, 9.17) is 9.84 Å². The maximum absolute atomic E-state index is 11.1. The van der Waals surface area contributed by atoms with Crippen LogP contribution in [0.5, 0.6) is 5.75 Å². The quantitative estimate of drug-likeness (QED) is 0.640. The molecule has 0 fully saturated rings. The Kier molecular flexibility index (Phi) is 6.78. The van der Waals surface area contributed by atoms with Crippen LogP contribution >= 0.6 is 0 Å². The average Bonchev–Trinajstić information content (AvgIpc) is 2.73. The van der Waals surface area contributed by atoms with Gasteiger partial charge in [0.25, 0.3) is 0 Å². The van der Waals surface area contributed by atoms with Crippen LogP contribution in [0.1, 0.15) is 28.4 Å². The fraction of sp³-hybridized carbons (Fsp3) is 0.115. The lowest BCUT2D eigenvalue weighted by atomic mass is 10.1. The smallest absolute Gasteiger partial charge is 0.339 e. The van der Waals surface area contributed by atoms with Gasteiger partial charge in [0.2, 0.25) is 0 Å². The zero-order valence-corrected chi connectivity index (χ0v) is 17.7. The maximum atomic E-state index is 11.1. The van der Waals surface area contributed by atoms with Crippen molar-refractivity contribution in [3.63, 3.8) is 0 Å². The Bertz CT molecular complexity index is 1120. The van der Waals surface area contributed by atoms with Gasteiger partial charge in [0, 0.05) is 19.8 Å². The summed E-state index contributed by atoms with van der Waals surface area (Å²) in [5.74, 6) is 0.100. The van der Waals surface area contributed by atoms with Crippen molar-refractivity contribution in [2.45, 2.75) is 6.92 Å². The van der Waals surface area contributed by atoms with Crippen LogP contribution in [0.3, 0.4) is 0 Å². The Hall–Kier alpha value is -3.99. The number of aromatic hydroxyl groups is 1. The third-order valence-electron chi connectivity index (χ3n) is 4.64. The number of carbonyl (C=O) groups is 1. The number of aromatic carboxylic acids is 1. The molecule has 158 valence electrons. The third-order valence-corrected chi connectivity index (χ3v) is 4.64. The number of nitrogens with zero attached hydrogens (tertiary/aromatic N) is 1. The minimum absolute atomic E-state index is 0.123. The molecule has 0 aromatic heterocycles. The first-order valence-corrected chi connectivity index (χ1v) is 9.80. The van der Waals surface area contributed by atoms with Crippen molar-refractivity contribution in [2.24, 2.45) is 0 Å². The van der Waals surface area contributed by atoms with Crippen molar-refractivity contribution < 1.29 is 19.7 Å². The number of carboxylic acids is 1. The van der Waals surface area contributed by atoms with Crippen LogP contribution in [-0.4, -0.2) is 30.3 Å². The SMILES string of the molecule is CC1=C/C(=C\C=C\c2ccc(O)c(C(=O)O)c2)C=C(/C=C/c2ccc(N(C)C)cc2)O1. The van der Waals surface area contributed by atoms with Gasteiger partial charge in [-0.2, -0.15) is 0 Å². The van der Waals surface area contributed by atoms with Gasteiger partial charge in [-0.15, -0.1) is 0 Å². The van der Waals surface area contributed by atoms with Crippen LogP contribution in [-0.2, 0) is 4.74 Å². The largest absolute Gasteiger partial charge is 0.507 e. The second-order valence-corrected chi connectivity index (χ2v) is 7.33. The number of ether oxygens (including phenoxy) is 1. The van der Waals surface area contributed by atoms with Gasteiger partial charge in [0.1, 0.15) is 22.8 Å². The molecule has 0 amide bonds. The number of carboxylic acid groups (broad SMARTS) is 1. The lowest BCUT2D eigenvalue weighted by Crippen LogP contribution is -2.07. The van der Waals surface area contributed by atoms with Gasteiger partial charge < -0.3 is 19.8 Å². The number of benzene rings is 2. The highest BCUT2D eigenvalue weighted by Gasteiger charge is 2.09. The van der Waals surface area contributed by atoms with E-state index in [1.54, 1.807) is 12.1 Å². The Morgan fingerprint density at radius 1 is 0.968 bits per heavy atom. The normalized spacial score (nSPS) is 15.1. The number of hydrogen-bond donors (Lipinski definition) is 2. The summed E-state index contributed by atoms with van der Waals surface area (Å²) < 4.78 is 5.79. The van der Waals surface area contributed by atoms with E-state index in [1.807, 2.05) is 57.5 Å². The second kappa shape index (κ2) is 9.67. The molecular formula is C26H25NO4. The molecule has 0 saturated heterocycles. The summed E-state index contributed by atoms with van der Waals surface area (Å²) in [6.07, 6.45) is 13.3. The Balaban J connectivity index is 1.74. The molecule has 0 spiro atoms. The summed E-state index contributed by atoms with van der Waals surface area (Å²) in [6, 6.07) is 12.7. The van der Waals surface area contributed by atoms with Crippen molar-refractivity contribution in [1.82, 2.24) is 0 Å². The molecule has 3 rings (SSSR count). The molecule has 0 radical (unpaired) electrons. The standard InChI is InChI=1S/C26H25NO4/c1-18-15-21(6-4-5-20-10-14-25(28)24(17-20)26(29)30)16-23(31-18)13-9-19-7-11-22(12-8-19)27(2)3/h4-17,28H,1-3H3,(H,29,30)/b5-4+,13-9+,21-6+. The van der Waals surface area contributed by atoms with Crippen LogP contribution in [0, 0.1) is 0 Å². The molecule has 0 saturated carbocycles. The highest BCUT2D eigenvalue weighted by molar-refractivity contribution is 5.91. The summed E-state index contributed by atoms with van der Waals surface area (Å²) in [4.78, 5) is 13.2. The van der Waals surface area contributed by atoms with Crippen LogP contribution in [0.4, 0.5) is 5.69 Å². The van der Waals surface area contributed by atoms with Gasteiger partial charge in [0.05, 0.1) is 0 Å². The van der Waals surface area contributed by atoms with E-state index in [1.165, 1.54) is 12.1 Å². The van der Waals surface area contributed by atoms with Crippen molar-refractivity contribution >= 4 is 23.8 Å². The maximum Gasteiger partial charge on any atom is 0.339 e. The summed E-state index contributed by atoms with van der Waals surface area (Å²) in [5, 5.41) is 18.7. The van der Waals surface area contributed by atoms with Crippen LogP contribution in [0.25, 0.3) is 12.2 Å². The minimum atomic E-state index is -1.16. The fourth-order valence-electron chi connectivity index (χ4n) is 3.02. The van der Waals surface area contributed by atoms with Crippen molar-refractivity contribution in [3.05, 3.63) is 107 Å². The molecule has 1 aliphatic rings. The zero-order chi connectivity index (χ0) is 22.4. The van der Waals surface area contributed by atoms with Crippen molar-refractivity contribution in [1.29, 1.82) is 0 Å². The van der Waals surface area contributed by atoms with Crippen LogP contribution < -0.4 is 4.90 Å². The molecule has 0 unspecified atom stereocenters. The van der Waals surface area contributed by atoms with Gasteiger partial charge in [-0.3, -0.25) is 0 Å². The van der Waals surface area contributed by atoms with Gasteiger partial charge in [0.15, 0.2) is 0 Å². The first-order chi connectivity index (χ1) is 14.8. The van der Waals surface area contributed by atoms with E-state index in [0.29, 0.717) is 5.56 Å². The van der Waals surface area contributed by atoms with Crippen LogP contribution in [0.15, 0.2) is 89.9 Å². The lowest BCUT2D eigenvalue weighted by molar-refractivity contribution is 0.0693. The number of allylic oxidation sites excluding steroid dienone is 7. The number of rotatable bonds is 6. The van der Waals surface area contributed by atoms with Crippen LogP contribution in [0.2, 0.25) is 0 Å². The highest BCUT2D eigenvalue weighted by Crippen LogP contribution is 2.22. The second-order valence-electron chi connectivity index (χ2n) is 7.33. The Morgan fingerprint density at radius 3 is 2.35 bits per heavy atom. The van der Waals surface area contributed by atoms with Gasteiger partial charge in [-0.1, -0.05) is 42.5 Å². The molecule has 2 aromatic carbocycles. The van der Waals surface area contributed by atoms with Crippen molar-refractivity contribution in [2.75, 3.05) is 19.0 Å². The van der Waals surface area contributed by atoms with E-state index >= 15 is 0 Å². The summed E-state index contributed by atoms with van der Waals surface area (Å²) in [6.45, 7) is 1.89. The summed E-state index contributed by atoms with van der Waals surface area (Å²) >= 11 is 0. The topological polar surface area (TPSA) is 70.0 Å². The zero-order valence-electron chi connectivity index (χ0n) is 17.7. The van der Waals surface area contributed by atoms with E-state index in [0.717, 1.165) is 28.3 Å². The molecule has 2 aromatic rings. The van der Waals surface area contributed by atoms with Gasteiger partial charge in [-0.25, -0.2) is 4.79 Å². The van der Waals surface area contributed by atoms with E-state index in [9.17, 15) is 9.90 Å². The molecule has 0 bridgehead atoms. The minimum Gasteiger partial charge on any atom is -0.507 e. The predicted octanol–water partition coefficient (Wildman–Crippen LogP) is 5.63. The summed E-state index contributed by atoms with van der Waals surface area (Å²) in [7, 11) is 4.02. The first kappa shape index (κ1) is 21.7. The number of phenols is 1. The Labute approximate surface area is 182 Å².